The Bertz CT molecular complexity index is 666. The van der Waals surface area contributed by atoms with E-state index in [1.807, 2.05) is 30.3 Å². The van der Waals surface area contributed by atoms with Gasteiger partial charge in [-0.1, -0.05) is 42.5 Å². The number of carbonyl (C=O) groups excluding carboxylic acids is 1. The Morgan fingerprint density at radius 2 is 1.75 bits per heavy atom. The molecule has 0 fully saturated rings. The van der Waals surface area contributed by atoms with E-state index >= 15 is 0 Å². The van der Waals surface area contributed by atoms with Gasteiger partial charge in [-0.15, -0.1) is 0 Å². The lowest BCUT2D eigenvalue weighted by Crippen LogP contribution is -2.49. The van der Waals surface area contributed by atoms with Gasteiger partial charge >= 0.3 is 0 Å². The molecule has 5 nitrogen and oxygen atoms in total. The van der Waals surface area contributed by atoms with Crippen LogP contribution in [0.3, 0.4) is 0 Å². The van der Waals surface area contributed by atoms with E-state index in [4.69, 9.17) is 9.47 Å². The van der Waals surface area contributed by atoms with Crippen molar-refractivity contribution in [1.82, 2.24) is 0 Å². The molecule has 0 radical (unpaired) electrons. The van der Waals surface area contributed by atoms with Gasteiger partial charge in [0.25, 0.3) is 0 Å². The first-order chi connectivity index (χ1) is 11.5. The summed E-state index contributed by atoms with van der Waals surface area (Å²) in [5, 5.41) is 20.7. The Hall–Kier alpha value is -2.21. The van der Waals surface area contributed by atoms with E-state index in [0.29, 0.717) is 5.75 Å². The summed E-state index contributed by atoms with van der Waals surface area (Å²) in [6, 6.07) is 16.0. The number of benzene rings is 2. The van der Waals surface area contributed by atoms with Gasteiger partial charge < -0.3 is 19.7 Å². The summed E-state index contributed by atoms with van der Waals surface area (Å²) < 4.78 is 10.6. The van der Waals surface area contributed by atoms with Crippen LogP contribution in [0.4, 0.5) is 0 Å². The quantitative estimate of drug-likeness (QED) is 0.726. The van der Waals surface area contributed by atoms with E-state index in [0.717, 1.165) is 5.56 Å². The lowest BCUT2D eigenvalue weighted by atomic mass is 9.89. The minimum absolute atomic E-state index is 0.164. The molecule has 0 bridgehead atoms. The molecular formula is C19H22O5. The van der Waals surface area contributed by atoms with Gasteiger partial charge in [0.15, 0.2) is 5.60 Å². The SMILES string of the molecule is COc1ccccc1C(=O)[C@](C)(O)[C@@H](O)COCc1ccccc1. The van der Waals surface area contributed by atoms with Crippen molar-refractivity contribution in [2.45, 2.75) is 25.2 Å². The highest BCUT2D eigenvalue weighted by molar-refractivity contribution is 6.04. The molecule has 2 N–H and O–H groups in total. The fraction of sp³-hybridized carbons (Fsp3) is 0.316. The number of hydrogen-bond donors (Lipinski definition) is 2. The van der Waals surface area contributed by atoms with Crippen LogP contribution in [0.15, 0.2) is 54.6 Å². The highest BCUT2D eigenvalue weighted by Crippen LogP contribution is 2.25. The van der Waals surface area contributed by atoms with Gasteiger partial charge in [-0.05, 0) is 24.6 Å². The van der Waals surface area contributed by atoms with Gasteiger partial charge in [0.1, 0.15) is 11.9 Å². The Morgan fingerprint density at radius 3 is 2.42 bits per heavy atom. The summed E-state index contributed by atoms with van der Waals surface area (Å²) in [5.74, 6) is -0.268. The Kier molecular flexibility index (Phi) is 6.09. The molecule has 0 aliphatic rings. The summed E-state index contributed by atoms with van der Waals surface area (Å²) in [6.07, 6.45) is -1.36. The number of aliphatic hydroxyl groups is 2. The molecule has 2 aromatic carbocycles. The minimum Gasteiger partial charge on any atom is -0.496 e. The van der Waals surface area contributed by atoms with Crippen LogP contribution in [0.25, 0.3) is 0 Å². The summed E-state index contributed by atoms with van der Waals surface area (Å²) >= 11 is 0. The zero-order valence-electron chi connectivity index (χ0n) is 13.8. The third kappa shape index (κ3) is 4.20. The van der Waals surface area contributed by atoms with Crippen LogP contribution in [0.5, 0.6) is 5.75 Å². The van der Waals surface area contributed by atoms with Gasteiger partial charge in [-0.25, -0.2) is 0 Å². The van der Waals surface area contributed by atoms with Crippen molar-refractivity contribution in [3.63, 3.8) is 0 Å². The summed E-state index contributed by atoms with van der Waals surface area (Å²) in [7, 11) is 1.44. The van der Waals surface area contributed by atoms with E-state index < -0.39 is 17.5 Å². The smallest absolute Gasteiger partial charge is 0.200 e. The van der Waals surface area contributed by atoms with Gasteiger partial charge in [0, 0.05) is 0 Å². The zero-order chi connectivity index (χ0) is 17.6. The van der Waals surface area contributed by atoms with Crippen molar-refractivity contribution in [3.8, 4) is 5.75 Å². The van der Waals surface area contributed by atoms with Gasteiger partial charge in [-0.2, -0.15) is 0 Å². The third-order valence-corrected chi connectivity index (χ3v) is 3.85. The number of ketones is 1. The maximum Gasteiger partial charge on any atom is 0.200 e. The number of aliphatic hydroxyl groups excluding tert-OH is 1. The maximum atomic E-state index is 12.6. The first-order valence-corrected chi connectivity index (χ1v) is 7.66. The first kappa shape index (κ1) is 18.1. The molecule has 0 unspecified atom stereocenters. The predicted molar refractivity (Wildman–Crippen MR) is 90.1 cm³/mol. The van der Waals surface area contributed by atoms with Gasteiger partial charge in [0.05, 0.1) is 25.9 Å². The van der Waals surface area contributed by atoms with Crippen molar-refractivity contribution in [2.75, 3.05) is 13.7 Å². The van der Waals surface area contributed by atoms with Crippen LogP contribution in [-0.4, -0.2) is 41.4 Å². The molecule has 2 rings (SSSR count). The standard InChI is InChI=1S/C19H22O5/c1-19(22,18(21)15-10-6-7-11-16(15)23-2)17(20)13-24-12-14-8-4-3-5-9-14/h3-11,17,20,22H,12-13H2,1-2H3/t17-,19+/m0/s1. The molecule has 2 atom stereocenters. The number of carbonyl (C=O) groups is 1. The molecule has 0 aromatic heterocycles. The van der Waals surface area contributed by atoms with Gasteiger partial charge in [-0.3, -0.25) is 4.79 Å². The molecule has 0 aliphatic heterocycles. The van der Waals surface area contributed by atoms with Crippen molar-refractivity contribution in [1.29, 1.82) is 0 Å². The van der Waals surface area contributed by atoms with Crippen molar-refractivity contribution >= 4 is 5.78 Å². The van der Waals surface area contributed by atoms with Crippen LogP contribution >= 0.6 is 0 Å². The summed E-state index contributed by atoms with van der Waals surface area (Å²) in [5.41, 5.74) is -0.821. The average Bonchev–Trinajstić information content (AvgIpc) is 2.61. The largest absolute Gasteiger partial charge is 0.496 e. The Balaban J connectivity index is 2.01. The monoisotopic (exact) mass is 330 g/mol. The molecule has 0 saturated carbocycles. The molecule has 0 amide bonds. The van der Waals surface area contributed by atoms with E-state index in [-0.39, 0.29) is 18.8 Å². The predicted octanol–water partition coefficient (Wildman–Crippen LogP) is 2.21. The number of para-hydroxylation sites is 1. The normalized spacial score (nSPS) is 14.7. The second kappa shape index (κ2) is 8.06. The van der Waals surface area contributed by atoms with E-state index in [1.165, 1.54) is 14.0 Å². The first-order valence-electron chi connectivity index (χ1n) is 7.66. The number of methoxy groups -OCH3 is 1. The second-order valence-corrected chi connectivity index (χ2v) is 5.69. The van der Waals surface area contributed by atoms with Gasteiger partial charge in [0.2, 0.25) is 5.78 Å². The van der Waals surface area contributed by atoms with Crippen LogP contribution in [-0.2, 0) is 11.3 Å². The Morgan fingerprint density at radius 1 is 1.12 bits per heavy atom. The van der Waals surface area contributed by atoms with Crippen LogP contribution in [0, 0.1) is 0 Å². The fourth-order valence-electron chi connectivity index (χ4n) is 2.28. The molecule has 0 heterocycles. The number of hydrogen-bond acceptors (Lipinski definition) is 5. The van der Waals surface area contributed by atoms with Crippen molar-refractivity contribution in [3.05, 3.63) is 65.7 Å². The molecule has 24 heavy (non-hydrogen) atoms. The lowest BCUT2D eigenvalue weighted by Gasteiger charge is -2.28. The van der Waals surface area contributed by atoms with E-state index in [1.54, 1.807) is 24.3 Å². The van der Waals surface area contributed by atoms with E-state index in [2.05, 4.69) is 0 Å². The summed E-state index contributed by atoms with van der Waals surface area (Å²) in [6.45, 7) is 1.40. The molecule has 0 spiro atoms. The highest BCUT2D eigenvalue weighted by Gasteiger charge is 2.40. The van der Waals surface area contributed by atoms with Crippen LogP contribution in [0.2, 0.25) is 0 Å². The molecule has 2 aromatic rings. The van der Waals surface area contributed by atoms with E-state index in [9.17, 15) is 15.0 Å². The van der Waals surface area contributed by atoms with Crippen LogP contribution < -0.4 is 4.74 Å². The molecule has 0 saturated heterocycles. The minimum atomic E-state index is -1.98. The average molecular weight is 330 g/mol. The molecular weight excluding hydrogens is 308 g/mol. The number of Topliss-reactive ketones (excluding diaryl/α,β-unsaturated/α-hetero) is 1. The number of ether oxygens (including phenoxy) is 2. The maximum absolute atomic E-state index is 12.6. The fourth-order valence-corrected chi connectivity index (χ4v) is 2.28. The Labute approximate surface area is 141 Å². The van der Waals surface area contributed by atoms with Crippen LogP contribution in [0.1, 0.15) is 22.8 Å². The number of rotatable bonds is 8. The third-order valence-electron chi connectivity index (χ3n) is 3.85. The molecule has 5 heteroatoms. The lowest BCUT2D eigenvalue weighted by molar-refractivity contribution is -0.0780. The van der Waals surface area contributed by atoms with Crippen molar-refractivity contribution < 1.29 is 24.5 Å². The highest BCUT2D eigenvalue weighted by atomic mass is 16.5. The topological polar surface area (TPSA) is 76.0 Å². The molecule has 0 aliphatic carbocycles. The summed E-state index contributed by atoms with van der Waals surface area (Å²) in [4.78, 5) is 12.6. The molecule has 128 valence electrons. The van der Waals surface area contributed by atoms with Crippen molar-refractivity contribution in [2.24, 2.45) is 0 Å². The second-order valence-electron chi connectivity index (χ2n) is 5.69. The zero-order valence-corrected chi connectivity index (χ0v) is 13.8.